The highest BCUT2D eigenvalue weighted by Crippen LogP contribution is 2.28. The average molecular weight is 483 g/mol. The van der Waals surface area contributed by atoms with Gasteiger partial charge in [-0.2, -0.15) is 0 Å². The lowest BCUT2D eigenvalue weighted by Crippen LogP contribution is -2.41. The van der Waals surface area contributed by atoms with Crippen molar-refractivity contribution < 1.29 is 14.2 Å². The maximum absolute atomic E-state index is 5.94. The number of hydrogen-bond acceptors (Lipinski definition) is 4. The van der Waals surface area contributed by atoms with E-state index in [0.29, 0.717) is 18.8 Å². The van der Waals surface area contributed by atoms with Gasteiger partial charge in [0.05, 0.1) is 20.8 Å². The maximum atomic E-state index is 5.94. The van der Waals surface area contributed by atoms with Crippen molar-refractivity contribution in [3.63, 3.8) is 0 Å². The second kappa shape index (κ2) is 10.2. The lowest BCUT2D eigenvalue weighted by atomic mass is 10.1. The van der Waals surface area contributed by atoms with Crippen molar-refractivity contribution in [3.05, 3.63) is 53.6 Å². The Morgan fingerprint density at radius 2 is 1.89 bits per heavy atom. The summed E-state index contributed by atoms with van der Waals surface area (Å²) in [5.41, 5.74) is 2.34. The zero-order chi connectivity index (χ0) is 18.4. The first-order valence-corrected chi connectivity index (χ1v) is 8.63. The van der Waals surface area contributed by atoms with E-state index in [1.807, 2.05) is 36.4 Å². The van der Waals surface area contributed by atoms with Crippen LogP contribution in [0.2, 0.25) is 0 Å². The van der Waals surface area contributed by atoms with Crippen LogP contribution in [0.3, 0.4) is 0 Å². The Morgan fingerprint density at radius 1 is 1.11 bits per heavy atom. The van der Waals surface area contributed by atoms with Crippen molar-refractivity contribution in [2.45, 2.75) is 19.1 Å². The van der Waals surface area contributed by atoms with E-state index < -0.39 is 0 Å². The molecule has 0 aromatic heterocycles. The minimum absolute atomic E-state index is 0. The number of methoxy groups -OCH3 is 2. The fourth-order valence-electron chi connectivity index (χ4n) is 2.98. The summed E-state index contributed by atoms with van der Waals surface area (Å²) in [6.07, 6.45) is 1.03. The molecule has 2 N–H and O–H groups in total. The first kappa shape index (κ1) is 21.1. The third-order valence-corrected chi connectivity index (χ3v) is 4.34. The van der Waals surface area contributed by atoms with Crippen LogP contribution in [0.25, 0.3) is 0 Å². The molecule has 1 unspecified atom stereocenters. The van der Waals surface area contributed by atoms with E-state index in [1.165, 1.54) is 5.56 Å². The van der Waals surface area contributed by atoms with Crippen molar-refractivity contribution in [2.75, 3.05) is 27.8 Å². The summed E-state index contributed by atoms with van der Waals surface area (Å²) in [6, 6.07) is 14.0. The molecule has 0 radical (unpaired) electrons. The van der Waals surface area contributed by atoms with Gasteiger partial charge in [0.25, 0.3) is 0 Å². The number of para-hydroxylation sites is 1. The summed E-state index contributed by atoms with van der Waals surface area (Å²) in [5, 5.41) is 6.63. The molecule has 0 saturated carbocycles. The zero-order valence-electron chi connectivity index (χ0n) is 15.8. The van der Waals surface area contributed by atoms with Gasteiger partial charge < -0.3 is 24.8 Å². The summed E-state index contributed by atoms with van der Waals surface area (Å²) < 4.78 is 16.6. The van der Waals surface area contributed by atoms with Crippen LogP contribution in [0.4, 0.5) is 0 Å². The van der Waals surface area contributed by atoms with Gasteiger partial charge in [-0.05, 0) is 29.3 Å². The number of rotatable bonds is 6. The predicted molar refractivity (Wildman–Crippen MR) is 118 cm³/mol. The number of ether oxygens (including phenoxy) is 3. The Kier molecular flexibility index (Phi) is 8.02. The van der Waals surface area contributed by atoms with Crippen molar-refractivity contribution >= 4 is 29.9 Å². The van der Waals surface area contributed by atoms with Gasteiger partial charge in [0.2, 0.25) is 0 Å². The zero-order valence-corrected chi connectivity index (χ0v) is 18.2. The number of aliphatic imine (C=N–C) groups is 1. The highest BCUT2D eigenvalue weighted by atomic mass is 127. The average Bonchev–Trinajstić information content (AvgIpc) is 3.10. The molecule has 0 amide bonds. The van der Waals surface area contributed by atoms with Gasteiger partial charge >= 0.3 is 0 Å². The van der Waals surface area contributed by atoms with Crippen LogP contribution in [0.5, 0.6) is 17.2 Å². The van der Waals surface area contributed by atoms with Gasteiger partial charge in [0.1, 0.15) is 11.9 Å². The van der Waals surface area contributed by atoms with Gasteiger partial charge in [-0.3, -0.25) is 4.99 Å². The van der Waals surface area contributed by atoms with E-state index in [9.17, 15) is 0 Å². The van der Waals surface area contributed by atoms with Crippen LogP contribution in [0.15, 0.2) is 47.5 Å². The van der Waals surface area contributed by atoms with E-state index in [0.717, 1.165) is 29.4 Å². The number of nitrogens with zero attached hydrogens (tertiary/aromatic N) is 1. The molecule has 0 saturated heterocycles. The quantitative estimate of drug-likeness (QED) is 0.376. The lowest BCUT2D eigenvalue weighted by molar-refractivity contribution is 0.235. The number of guanidine groups is 1. The van der Waals surface area contributed by atoms with Crippen LogP contribution >= 0.6 is 24.0 Å². The van der Waals surface area contributed by atoms with Crippen LogP contribution < -0.4 is 24.8 Å². The molecule has 2 aromatic carbocycles. The number of halogens is 1. The molecular weight excluding hydrogens is 457 g/mol. The van der Waals surface area contributed by atoms with E-state index in [4.69, 9.17) is 14.2 Å². The molecule has 1 heterocycles. The minimum Gasteiger partial charge on any atom is -0.493 e. The summed E-state index contributed by atoms with van der Waals surface area (Å²) in [6.45, 7) is 1.33. The van der Waals surface area contributed by atoms with Gasteiger partial charge in [-0.25, -0.2) is 0 Å². The Bertz CT molecular complexity index is 758. The monoisotopic (exact) mass is 483 g/mol. The number of fused-ring (bicyclic) bond motifs is 1. The fraction of sp³-hybridized carbons (Fsp3) is 0.350. The lowest BCUT2D eigenvalue weighted by Gasteiger charge is -2.16. The summed E-state index contributed by atoms with van der Waals surface area (Å²) in [7, 11) is 5.02. The molecule has 0 bridgehead atoms. The molecule has 0 fully saturated rings. The number of nitrogens with one attached hydrogen (secondary N) is 2. The van der Waals surface area contributed by atoms with Crippen LogP contribution in [0, 0.1) is 0 Å². The normalized spacial score (nSPS) is 15.2. The van der Waals surface area contributed by atoms with Gasteiger partial charge in [-0.1, -0.05) is 24.3 Å². The Morgan fingerprint density at radius 3 is 2.59 bits per heavy atom. The largest absolute Gasteiger partial charge is 0.493 e. The second-order valence-corrected chi connectivity index (χ2v) is 6.05. The van der Waals surface area contributed by atoms with Crippen LogP contribution in [0.1, 0.15) is 11.1 Å². The highest BCUT2D eigenvalue weighted by molar-refractivity contribution is 14.0. The number of hydrogen-bond donors (Lipinski definition) is 2. The van der Waals surface area contributed by atoms with Crippen molar-refractivity contribution in [3.8, 4) is 17.2 Å². The maximum Gasteiger partial charge on any atom is 0.191 e. The molecule has 0 spiro atoms. The Balaban J connectivity index is 0.00000261. The molecule has 1 atom stereocenters. The third-order valence-electron chi connectivity index (χ3n) is 4.34. The first-order chi connectivity index (χ1) is 12.7. The predicted octanol–water partition coefficient (Wildman–Crippen LogP) is 2.99. The van der Waals surface area contributed by atoms with Crippen molar-refractivity contribution in [1.82, 2.24) is 10.6 Å². The molecule has 1 aliphatic heterocycles. The molecule has 6 nitrogen and oxygen atoms in total. The van der Waals surface area contributed by atoms with E-state index in [1.54, 1.807) is 21.3 Å². The van der Waals surface area contributed by atoms with Gasteiger partial charge in [0.15, 0.2) is 17.5 Å². The van der Waals surface area contributed by atoms with Crippen molar-refractivity contribution in [2.24, 2.45) is 4.99 Å². The van der Waals surface area contributed by atoms with Crippen molar-refractivity contribution in [1.29, 1.82) is 0 Å². The Hall–Kier alpha value is -2.16. The highest BCUT2D eigenvalue weighted by Gasteiger charge is 2.22. The topological polar surface area (TPSA) is 64.1 Å². The molecule has 7 heteroatoms. The first-order valence-electron chi connectivity index (χ1n) is 8.63. The van der Waals surface area contributed by atoms with Crippen LogP contribution in [-0.2, 0) is 13.0 Å². The molecular formula is C20H26IN3O3. The van der Waals surface area contributed by atoms with E-state index >= 15 is 0 Å². The smallest absolute Gasteiger partial charge is 0.191 e. The molecule has 0 aliphatic carbocycles. The second-order valence-electron chi connectivity index (χ2n) is 6.05. The van der Waals surface area contributed by atoms with Gasteiger partial charge in [0, 0.05) is 20.0 Å². The molecule has 27 heavy (non-hydrogen) atoms. The molecule has 2 aromatic rings. The SMILES string of the molecule is CN=C(NCc1ccc(OC)c(OC)c1)NCC1Cc2ccccc2O1.I. The minimum atomic E-state index is 0. The summed E-state index contributed by atoms with van der Waals surface area (Å²) in [4.78, 5) is 4.27. The number of benzene rings is 2. The molecule has 1 aliphatic rings. The van der Waals surface area contributed by atoms with Crippen LogP contribution in [-0.4, -0.2) is 39.9 Å². The Labute approximate surface area is 177 Å². The summed E-state index contributed by atoms with van der Waals surface area (Å²) >= 11 is 0. The fourth-order valence-corrected chi connectivity index (χ4v) is 2.98. The molecule has 146 valence electrons. The third kappa shape index (κ3) is 5.41. The van der Waals surface area contributed by atoms with Gasteiger partial charge in [-0.15, -0.1) is 24.0 Å². The van der Waals surface area contributed by atoms with E-state index in [-0.39, 0.29) is 30.1 Å². The standard InChI is InChI=1S/C20H25N3O3.HI/c1-21-20(22-12-14-8-9-18(24-2)19(10-14)25-3)23-13-16-11-15-6-4-5-7-17(15)26-16;/h4-10,16H,11-13H2,1-3H3,(H2,21,22,23);1H. The van der Waals surface area contributed by atoms with E-state index in [2.05, 4.69) is 21.7 Å². The molecule has 3 rings (SSSR count). The summed E-state index contributed by atoms with van der Waals surface area (Å²) in [5.74, 6) is 3.15.